The molecule has 0 saturated heterocycles. The fourth-order valence-corrected chi connectivity index (χ4v) is 2.26. The van der Waals surface area contributed by atoms with Crippen LogP contribution in [0.3, 0.4) is 0 Å². The SMILES string of the molecule is COc1ccc2nc(C)cc(Nc3ccc(F)cc3)c2c1.Cl. The number of nitrogens with one attached hydrogen (secondary N) is 1. The van der Waals surface area contributed by atoms with Gasteiger partial charge >= 0.3 is 0 Å². The Balaban J connectivity index is 0.00000176. The maximum absolute atomic E-state index is 13.0. The van der Waals surface area contributed by atoms with Crippen molar-refractivity contribution in [3.8, 4) is 5.75 Å². The first-order chi connectivity index (χ1) is 10.2. The molecule has 114 valence electrons. The van der Waals surface area contributed by atoms with Gasteiger partial charge in [0.05, 0.1) is 12.6 Å². The molecule has 1 N–H and O–H groups in total. The highest BCUT2D eigenvalue weighted by Gasteiger charge is 2.06. The molecule has 3 aromatic rings. The third-order valence-corrected chi connectivity index (χ3v) is 3.27. The maximum Gasteiger partial charge on any atom is 0.123 e. The van der Waals surface area contributed by atoms with Gasteiger partial charge in [0, 0.05) is 22.5 Å². The third-order valence-electron chi connectivity index (χ3n) is 3.27. The lowest BCUT2D eigenvalue weighted by Gasteiger charge is -2.12. The molecule has 0 amide bonds. The van der Waals surface area contributed by atoms with E-state index in [1.807, 2.05) is 31.2 Å². The lowest BCUT2D eigenvalue weighted by Crippen LogP contribution is -1.95. The molecule has 1 heterocycles. The smallest absolute Gasteiger partial charge is 0.123 e. The molecule has 0 atom stereocenters. The molecule has 5 heteroatoms. The Morgan fingerprint density at radius 2 is 1.77 bits per heavy atom. The second-order valence-corrected chi connectivity index (χ2v) is 4.83. The Bertz CT molecular complexity index is 791. The zero-order valence-corrected chi connectivity index (χ0v) is 13.1. The van der Waals surface area contributed by atoms with Crippen LogP contribution in [-0.4, -0.2) is 12.1 Å². The highest BCUT2D eigenvalue weighted by Crippen LogP contribution is 2.29. The number of benzene rings is 2. The van der Waals surface area contributed by atoms with Crippen molar-refractivity contribution < 1.29 is 9.13 Å². The van der Waals surface area contributed by atoms with Gasteiger partial charge in [-0.25, -0.2) is 4.39 Å². The fraction of sp³-hybridized carbons (Fsp3) is 0.118. The topological polar surface area (TPSA) is 34.1 Å². The molecular formula is C17H16ClFN2O. The normalized spacial score (nSPS) is 10.1. The number of methoxy groups -OCH3 is 1. The van der Waals surface area contributed by atoms with E-state index in [1.54, 1.807) is 19.2 Å². The number of pyridine rings is 1. The van der Waals surface area contributed by atoms with Crippen molar-refractivity contribution in [2.24, 2.45) is 0 Å². The molecule has 0 unspecified atom stereocenters. The van der Waals surface area contributed by atoms with Gasteiger partial charge in [-0.15, -0.1) is 12.4 Å². The molecule has 0 fully saturated rings. The van der Waals surface area contributed by atoms with Crippen molar-refractivity contribution >= 4 is 34.7 Å². The average molecular weight is 319 g/mol. The van der Waals surface area contributed by atoms with Gasteiger partial charge in [0.15, 0.2) is 0 Å². The predicted octanol–water partition coefficient (Wildman–Crippen LogP) is 4.86. The lowest BCUT2D eigenvalue weighted by molar-refractivity contribution is 0.415. The Morgan fingerprint density at radius 3 is 2.45 bits per heavy atom. The quantitative estimate of drug-likeness (QED) is 0.749. The number of rotatable bonds is 3. The molecule has 0 radical (unpaired) electrons. The Labute approximate surface area is 134 Å². The monoisotopic (exact) mass is 318 g/mol. The first-order valence-electron chi connectivity index (χ1n) is 6.64. The van der Waals surface area contributed by atoms with Crippen LogP contribution >= 0.6 is 12.4 Å². The minimum Gasteiger partial charge on any atom is -0.497 e. The van der Waals surface area contributed by atoms with Crippen LogP contribution in [-0.2, 0) is 0 Å². The van der Waals surface area contributed by atoms with Crippen molar-refractivity contribution in [2.45, 2.75) is 6.92 Å². The molecule has 0 bridgehead atoms. The highest BCUT2D eigenvalue weighted by molar-refractivity contribution is 5.94. The van der Waals surface area contributed by atoms with Crippen LogP contribution in [0.4, 0.5) is 15.8 Å². The second kappa shape index (κ2) is 6.62. The number of aromatic nitrogens is 1. The first-order valence-corrected chi connectivity index (χ1v) is 6.64. The van der Waals surface area contributed by atoms with Gasteiger partial charge in [-0.3, -0.25) is 4.98 Å². The number of anilines is 2. The van der Waals surface area contributed by atoms with Crippen LogP contribution < -0.4 is 10.1 Å². The summed E-state index contributed by atoms with van der Waals surface area (Å²) in [4.78, 5) is 4.51. The summed E-state index contributed by atoms with van der Waals surface area (Å²) in [5.74, 6) is 0.522. The van der Waals surface area contributed by atoms with Crippen LogP contribution in [0.5, 0.6) is 5.75 Å². The minimum absolute atomic E-state index is 0. The Hall–Kier alpha value is -2.33. The van der Waals surface area contributed by atoms with Crippen molar-refractivity contribution in [2.75, 3.05) is 12.4 Å². The van der Waals surface area contributed by atoms with E-state index >= 15 is 0 Å². The predicted molar refractivity (Wildman–Crippen MR) is 90.0 cm³/mol. The fourth-order valence-electron chi connectivity index (χ4n) is 2.26. The average Bonchev–Trinajstić information content (AvgIpc) is 2.49. The summed E-state index contributed by atoms with van der Waals surface area (Å²) in [7, 11) is 1.63. The van der Waals surface area contributed by atoms with Crippen molar-refractivity contribution in [1.29, 1.82) is 0 Å². The summed E-state index contributed by atoms with van der Waals surface area (Å²) in [5.41, 5.74) is 3.55. The summed E-state index contributed by atoms with van der Waals surface area (Å²) in [6, 6.07) is 14.0. The van der Waals surface area contributed by atoms with Crippen molar-refractivity contribution in [1.82, 2.24) is 4.98 Å². The molecule has 22 heavy (non-hydrogen) atoms. The molecule has 3 rings (SSSR count). The Morgan fingerprint density at radius 1 is 1.05 bits per heavy atom. The Kier molecular flexibility index (Phi) is 4.83. The number of hydrogen-bond donors (Lipinski definition) is 1. The van der Waals surface area contributed by atoms with Crippen LogP contribution in [0.15, 0.2) is 48.5 Å². The van der Waals surface area contributed by atoms with Gasteiger partial charge < -0.3 is 10.1 Å². The van der Waals surface area contributed by atoms with E-state index in [1.165, 1.54) is 12.1 Å². The summed E-state index contributed by atoms with van der Waals surface area (Å²) in [6.07, 6.45) is 0. The molecular weight excluding hydrogens is 303 g/mol. The number of halogens is 2. The third kappa shape index (κ3) is 3.28. The van der Waals surface area contributed by atoms with E-state index in [4.69, 9.17) is 4.74 Å². The van der Waals surface area contributed by atoms with Gasteiger partial charge in [0.25, 0.3) is 0 Å². The zero-order valence-electron chi connectivity index (χ0n) is 12.3. The van der Waals surface area contributed by atoms with Crippen LogP contribution in [0.1, 0.15) is 5.69 Å². The molecule has 0 aliphatic carbocycles. The largest absolute Gasteiger partial charge is 0.497 e. The van der Waals surface area contributed by atoms with Gasteiger partial charge in [0.2, 0.25) is 0 Å². The molecule has 3 nitrogen and oxygen atoms in total. The number of ether oxygens (including phenoxy) is 1. The number of nitrogens with zero attached hydrogens (tertiary/aromatic N) is 1. The van der Waals surface area contributed by atoms with Gasteiger partial charge in [-0.1, -0.05) is 0 Å². The van der Waals surface area contributed by atoms with Crippen molar-refractivity contribution in [3.63, 3.8) is 0 Å². The van der Waals surface area contributed by atoms with Crippen LogP contribution in [0.25, 0.3) is 10.9 Å². The van der Waals surface area contributed by atoms with E-state index in [0.717, 1.165) is 33.7 Å². The van der Waals surface area contributed by atoms with Gasteiger partial charge in [-0.2, -0.15) is 0 Å². The molecule has 0 aliphatic rings. The summed E-state index contributed by atoms with van der Waals surface area (Å²) < 4.78 is 18.3. The van der Waals surface area contributed by atoms with E-state index in [9.17, 15) is 4.39 Å². The zero-order chi connectivity index (χ0) is 14.8. The number of fused-ring (bicyclic) bond motifs is 1. The lowest BCUT2D eigenvalue weighted by atomic mass is 10.1. The maximum atomic E-state index is 13.0. The number of aryl methyl sites for hydroxylation is 1. The van der Waals surface area contributed by atoms with Crippen molar-refractivity contribution in [3.05, 3.63) is 60.0 Å². The molecule has 0 aliphatic heterocycles. The molecule has 0 spiro atoms. The molecule has 1 aromatic heterocycles. The minimum atomic E-state index is -0.252. The summed E-state index contributed by atoms with van der Waals surface area (Å²) in [6.45, 7) is 1.94. The standard InChI is InChI=1S/C17H15FN2O.ClH/c1-11-9-17(20-13-5-3-12(18)4-6-13)15-10-14(21-2)7-8-16(15)19-11;/h3-10H,1-2H3,(H,19,20);1H. The van der Waals surface area contributed by atoms with E-state index < -0.39 is 0 Å². The molecule has 2 aromatic carbocycles. The summed E-state index contributed by atoms with van der Waals surface area (Å²) >= 11 is 0. The number of hydrogen-bond acceptors (Lipinski definition) is 3. The van der Waals surface area contributed by atoms with E-state index in [2.05, 4.69) is 10.3 Å². The first kappa shape index (κ1) is 16.0. The van der Waals surface area contributed by atoms with E-state index in [0.29, 0.717) is 0 Å². The van der Waals surface area contributed by atoms with Gasteiger partial charge in [-0.05, 0) is 55.5 Å². The second-order valence-electron chi connectivity index (χ2n) is 4.83. The molecule has 0 saturated carbocycles. The summed E-state index contributed by atoms with van der Waals surface area (Å²) in [5, 5.41) is 4.27. The van der Waals surface area contributed by atoms with E-state index in [-0.39, 0.29) is 18.2 Å². The highest BCUT2D eigenvalue weighted by atomic mass is 35.5. The van der Waals surface area contributed by atoms with Gasteiger partial charge in [0.1, 0.15) is 11.6 Å². The van der Waals surface area contributed by atoms with Crippen LogP contribution in [0, 0.1) is 12.7 Å². The van der Waals surface area contributed by atoms with Crippen LogP contribution in [0.2, 0.25) is 0 Å².